The second kappa shape index (κ2) is 15.6. The summed E-state index contributed by atoms with van der Waals surface area (Å²) < 4.78 is 31.6. The van der Waals surface area contributed by atoms with Crippen LogP contribution in [0.25, 0.3) is 0 Å². The van der Waals surface area contributed by atoms with Crippen molar-refractivity contribution in [1.82, 2.24) is 14.5 Å². The van der Waals surface area contributed by atoms with Crippen LogP contribution in [0.3, 0.4) is 0 Å². The molecule has 1 saturated heterocycles. The van der Waals surface area contributed by atoms with Gasteiger partial charge in [-0.05, 0) is 59.5 Å². The first kappa shape index (κ1) is 36.5. The molecule has 13 nitrogen and oxygen atoms in total. The Balaban J connectivity index is 1.17. The first-order valence-electron chi connectivity index (χ1n) is 17.5. The Morgan fingerprint density at radius 2 is 1.30 bits per heavy atom. The van der Waals surface area contributed by atoms with Gasteiger partial charge in [0.25, 0.3) is 17.4 Å². The Labute approximate surface area is 310 Å². The molecule has 2 amide bonds. The van der Waals surface area contributed by atoms with Gasteiger partial charge in [-0.25, -0.2) is 4.79 Å². The van der Waals surface area contributed by atoms with Gasteiger partial charge in [-0.1, -0.05) is 66.7 Å². The summed E-state index contributed by atoms with van der Waals surface area (Å²) in [5, 5.41) is 11.8. The number of aromatic amines is 1. The monoisotopic (exact) mass is 733 g/mol. The summed E-state index contributed by atoms with van der Waals surface area (Å²) in [7, 11) is 3.18. The van der Waals surface area contributed by atoms with Crippen molar-refractivity contribution in [2.75, 3.05) is 34.0 Å². The Kier molecular flexibility index (Phi) is 10.6. The lowest BCUT2D eigenvalue weighted by atomic mass is 9.80. The molecule has 4 atom stereocenters. The Bertz CT molecular complexity index is 2140. The van der Waals surface area contributed by atoms with Gasteiger partial charge in [0.05, 0.1) is 32.0 Å². The zero-order chi connectivity index (χ0) is 37.8. The molecule has 0 spiro atoms. The van der Waals surface area contributed by atoms with Gasteiger partial charge in [-0.15, -0.1) is 0 Å². The number of aliphatic hydroxyl groups excluding tert-OH is 1. The molecule has 7 rings (SSSR count). The van der Waals surface area contributed by atoms with E-state index in [9.17, 15) is 24.3 Å². The molecule has 2 aliphatic heterocycles. The first-order valence-corrected chi connectivity index (χ1v) is 17.5. The molecule has 1 aromatic heterocycles. The predicted octanol–water partition coefficient (Wildman–Crippen LogP) is 3.89. The topological polar surface area (TPSA) is 159 Å². The lowest BCUT2D eigenvalue weighted by Crippen LogP contribution is -2.41. The summed E-state index contributed by atoms with van der Waals surface area (Å²) in [6.07, 6.45) is -3.07. The number of aromatic nitrogens is 2. The number of carbonyl (C=O) groups is 2. The molecule has 0 radical (unpaired) electrons. The number of hydrogen-bond acceptors (Lipinski definition) is 10. The number of carbonyl (C=O) groups excluding carboxylic acids is 2. The van der Waals surface area contributed by atoms with E-state index in [1.165, 1.54) is 12.3 Å². The van der Waals surface area contributed by atoms with Gasteiger partial charge >= 0.3 is 5.69 Å². The van der Waals surface area contributed by atoms with Crippen molar-refractivity contribution in [3.8, 4) is 11.5 Å². The van der Waals surface area contributed by atoms with Crippen LogP contribution in [0.15, 0.2) is 125 Å². The third kappa shape index (κ3) is 6.85. The highest BCUT2D eigenvalue weighted by molar-refractivity contribution is 6.21. The van der Waals surface area contributed by atoms with Crippen LogP contribution in [-0.4, -0.2) is 83.7 Å². The average molecular weight is 734 g/mol. The lowest BCUT2D eigenvalue weighted by Gasteiger charge is -2.37. The molecule has 0 aliphatic carbocycles. The standard InChI is InChI=1S/C41H39N3O10/c1-50-29-17-13-27(14-18-29)41(26-9-4-3-5-10-26,28-15-19-30(51-2)20-16-28)53-25-33-35(46)36(39(54-33)44-23-21-34(45)42-40(44)49)52-24-8-22-43-37(47)31-11-6-7-12-32(31)38(43)48/h3-7,9-21,23,33,35-36,39,46H,8,22,24-25H2,1-2H3,(H,42,45,49)/t33-,35+,36?,39-/m1/s1. The van der Waals surface area contributed by atoms with E-state index in [-0.39, 0.29) is 38.0 Å². The SMILES string of the molecule is COc1ccc(C(OC[C@H]2O[C@@H](n3ccc(=O)[nH]c3=O)C(OCCCN3C(=O)c4ccccc4C3=O)[C@H]2O)(c2ccccc2)c2ccc(OC)cc2)cc1. The van der Waals surface area contributed by atoms with E-state index in [1.54, 1.807) is 38.5 Å². The fourth-order valence-corrected chi connectivity index (χ4v) is 7.05. The minimum Gasteiger partial charge on any atom is -0.497 e. The second-order valence-corrected chi connectivity index (χ2v) is 12.9. The van der Waals surface area contributed by atoms with Gasteiger partial charge in [-0.3, -0.25) is 28.8 Å². The van der Waals surface area contributed by atoms with Crippen molar-refractivity contribution in [1.29, 1.82) is 0 Å². The summed E-state index contributed by atoms with van der Waals surface area (Å²) in [4.78, 5) is 54.1. The highest BCUT2D eigenvalue weighted by Crippen LogP contribution is 2.43. The molecular weight excluding hydrogens is 694 g/mol. The molecule has 2 N–H and O–H groups in total. The second-order valence-electron chi connectivity index (χ2n) is 12.9. The molecule has 278 valence electrons. The van der Waals surface area contributed by atoms with Crippen LogP contribution in [-0.2, 0) is 19.8 Å². The smallest absolute Gasteiger partial charge is 0.330 e. The molecule has 5 aromatic rings. The molecule has 2 aliphatic rings. The molecule has 0 bridgehead atoms. The summed E-state index contributed by atoms with van der Waals surface area (Å²) >= 11 is 0. The van der Waals surface area contributed by atoms with Crippen LogP contribution in [0.5, 0.6) is 11.5 Å². The Morgan fingerprint density at radius 1 is 0.741 bits per heavy atom. The maximum atomic E-state index is 13.0. The molecular formula is C41H39N3O10. The molecule has 13 heteroatoms. The van der Waals surface area contributed by atoms with Crippen LogP contribution < -0.4 is 20.7 Å². The minimum atomic E-state index is -1.31. The van der Waals surface area contributed by atoms with Gasteiger partial charge in [-0.2, -0.15) is 0 Å². The van der Waals surface area contributed by atoms with E-state index in [1.807, 2.05) is 78.9 Å². The van der Waals surface area contributed by atoms with E-state index in [2.05, 4.69) is 4.98 Å². The van der Waals surface area contributed by atoms with Gasteiger partial charge in [0, 0.05) is 25.4 Å². The van der Waals surface area contributed by atoms with Crippen molar-refractivity contribution in [3.05, 3.63) is 164 Å². The molecule has 0 saturated carbocycles. The number of benzene rings is 4. The fourth-order valence-electron chi connectivity index (χ4n) is 7.05. The van der Waals surface area contributed by atoms with E-state index in [0.29, 0.717) is 22.6 Å². The number of H-pyrrole nitrogens is 1. The van der Waals surface area contributed by atoms with Crippen molar-refractivity contribution < 1.29 is 38.4 Å². The van der Waals surface area contributed by atoms with Crippen LogP contribution in [0.4, 0.5) is 0 Å². The number of fused-ring (bicyclic) bond motifs is 1. The highest BCUT2D eigenvalue weighted by atomic mass is 16.6. The first-order chi connectivity index (χ1) is 26.2. The summed E-state index contributed by atoms with van der Waals surface area (Å²) in [5.41, 5.74) is 0.442. The van der Waals surface area contributed by atoms with E-state index in [0.717, 1.165) is 26.2 Å². The third-order valence-electron chi connectivity index (χ3n) is 9.79. The van der Waals surface area contributed by atoms with Crippen molar-refractivity contribution >= 4 is 11.8 Å². The Morgan fingerprint density at radius 3 is 1.85 bits per heavy atom. The summed E-state index contributed by atoms with van der Waals surface area (Å²) in [6.45, 7) is -0.0842. The van der Waals surface area contributed by atoms with Crippen LogP contribution in [0.1, 0.15) is 50.1 Å². The largest absolute Gasteiger partial charge is 0.497 e. The molecule has 54 heavy (non-hydrogen) atoms. The number of aliphatic hydroxyl groups is 1. The molecule has 4 aromatic carbocycles. The van der Waals surface area contributed by atoms with Crippen molar-refractivity contribution in [3.63, 3.8) is 0 Å². The number of ether oxygens (including phenoxy) is 5. The van der Waals surface area contributed by atoms with Gasteiger partial charge in [0.1, 0.15) is 35.4 Å². The van der Waals surface area contributed by atoms with Crippen LogP contribution >= 0.6 is 0 Å². The normalized spacial score (nSPS) is 19.6. The van der Waals surface area contributed by atoms with Crippen LogP contribution in [0, 0.1) is 0 Å². The van der Waals surface area contributed by atoms with Crippen LogP contribution in [0.2, 0.25) is 0 Å². The van der Waals surface area contributed by atoms with E-state index < -0.39 is 41.4 Å². The number of rotatable bonds is 14. The lowest BCUT2D eigenvalue weighted by molar-refractivity contribution is -0.0982. The zero-order valence-corrected chi connectivity index (χ0v) is 29.6. The average Bonchev–Trinajstić information content (AvgIpc) is 3.64. The minimum absolute atomic E-state index is 0.00627. The van der Waals surface area contributed by atoms with E-state index in [4.69, 9.17) is 23.7 Å². The molecule has 1 fully saturated rings. The maximum Gasteiger partial charge on any atom is 0.330 e. The number of nitrogens with one attached hydrogen (secondary N) is 1. The van der Waals surface area contributed by atoms with Gasteiger partial charge in [0.15, 0.2) is 6.23 Å². The van der Waals surface area contributed by atoms with Gasteiger partial charge in [0.2, 0.25) is 0 Å². The number of amides is 2. The van der Waals surface area contributed by atoms with Gasteiger partial charge < -0.3 is 28.8 Å². The number of nitrogens with zero attached hydrogens (tertiary/aromatic N) is 2. The van der Waals surface area contributed by atoms with E-state index >= 15 is 0 Å². The molecule has 1 unspecified atom stereocenters. The van der Waals surface area contributed by atoms with Crippen molar-refractivity contribution in [2.24, 2.45) is 0 Å². The quantitative estimate of drug-likeness (QED) is 0.0975. The molecule has 3 heterocycles. The zero-order valence-electron chi connectivity index (χ0n) is 29.6. The number of imide groups is 1. The fraction of sp³-hybridized carbons (Fsp3) is 0.268. The third-order valence-corrected chi connectivity index (χ3v) is 9.79. The number of hydrogen-bond donors (Lipinski definition) is 2. The highest BCUT2D eigenvalue weighted by Gasteiger charge is 2.48. The summed E-state index contributed by atoms with van der Waals surface area (Å²) in [6, 6.07) is 32.4. The maximum absolute atomic E-state index is 13.0. The Hall–Kier alpha value is -5.86. The van der Waals surface area contributed by atoms with Crippen molar-refractivity contribution in [2.45, 2.75) is 36.6 Å². The number of methoxy groups -OCH3 is 2. The predicted molar refractivity (Wildman–Crippen MR) is 196 cm³/mol. The summed E-state index contributed by atoms with van der Waals surface area (Å²) in [5.74, 6) is 0.542.